The van der Waals surface area contributed by atoms with Gasteiger partial charge in [0.25, 0.3) is 0 Å². The second-order valence-electron chi connectivity index (χ2n) is 3.07. The summed E-state index contributed by atoms with van der Waals surface area (Å²) in [6, 6.07) is 0. The Morgan fingerprint density at radius 3 is 0.842 bits per heavy atom. The molecule has 0 saturated heterocycles. The van der Waals surface area contributed by atoms with Crippen molar-refractivity contribution in [1.29, 1.82) is 0 Å². The van der Waals surface area contributed by atoms with Crippen molar-refractivity contribution in [2.75, 3.05) is 0 Å². The van der Waals surface area contributed by atoms with E-state index in [1.165, 1.54) is 19.3 Å². The minimum atomic E-state index is -4.64. The fourth-order valence-electron chi connectivity index (χ4n) is 0. The van der Waals surface area contributed by atoms with Gasteiger partial charge in [0.2, 0.25) is 0 Å². The van der Waals surface area contributed by atoms with Crippen molar-refractivity contribution in [3.63, 3.8) is 0 Å². The largest absolute Gasteiger partial charge is 0.466 e. The van der Waals surface area contributed by atoms with Gasteiger partial charge in [0.05, 0.1) is 0 Å². The minimum Gasteiger partial charge on any atom is -0.412 e. The van der Waals surface area contributed by atoms with Crippen LogP contribution in [0, 0.1) is 20.8 Å². The Balaban J connectivity index is -0.0000000288. The third-order valence-electron chi connectivity index (χ3n) is 1.06. The van der Waals surface area contributed by atoms with E-state index in [9.17, 15) is 0 Å². The molecule has 0 aromatic carbocycles. The van der Waals surface area contributed by atoms with Crippen molar-refractivity contribution in [3.05, 3.63) is 20.8 Å². The number of unbranched alkanes of at least 4 members (excludes halogenated alkanes) is 3. The predicted molar refractivity (Wildman–Crippen MR) is 78.7 cm³/mol. The van der Waals surface area contributed by atoms with E-state index in [0.717, 1.165) is 19.3 Å². The molecule has 0 amide bonds. The van der Waals surface area contributed by atoms with Crippen LogP contribution in [0.5, 0.6) is 0 Å². The van der Waals surface area contributed by atoms with Gasteiger partial charge in [-0.2, -0.15) is 19.3 Å². The van der Waals surface area contributed by atoms with Crippen LogP contribution in [-0.2, 0) is 21.6 Å². The summed E-state index contributed by atoms with van der Waals surface area (Å²) in [5.41, 5.74) is 0. The summed E-state index contributed by atoms with van der Waals surface area (Å²) in [5, 5.41) is 0. The zero-order chi connectivity index (χ0) is 14.7. The fraction of sp³-hybridized carbons (Fsp3) is 0.750. The quantitative estimate of drug-likeness (QED) is 0.412. The summed E-state index contributed by atoms with van der Waals surface area (Å²) in [6.07, 6.45) is 6.83. The van der Waals surface area contributed by atoms with Crippen LogP contribution in [-0.4, -0.2) is 20.2 Å². The molecule has 0 unspecified atom stereocenters. The standard InChI is InChI=1S/3C4H9.Cu.H3O4P.H2O/c3*1-3-4-2;;1-5(2,3)4;/h3*1,3-4H2,2H3;;(H3,1,2,3,4);1H2/q3*-1;;;. The molecule has 1 radical (unpaired) electrons. The van der Waals surface area contributed by atoms with Gasteiger partial charge in [-0.05, 0) is 0 Å². The van der Waals surface area contributed by atoms with Crippen LogP contribution in [0.4, 0.5) is 0 Å². The summed E-state index contributed by atoms with van der Waals surface area (Å²) < 4.78 is 8.88. The molecule has 7 heteroatoms. The van der Waals surface area contributed by atoms with E-state index in [1.54, 1.807) is 0 Å². The van der Waals surface area contributed by atoms with E-state index in [2.05, 4.69) is 41.5 Å². The first-order chi connectivity index (χ1) is 7.74. The van der Waals surface area contributed by atoms with E-state index in [0.29, 0.717) is 0 Å². The monoisotopic (exact) mass is 350 g/mol. The zero-order valence-corrected chi connectivity index (χ0v) is 14.2. The van der Waals surface area contributed by atoms with Crippen molar-refractivity contribution in [2.45, 2.75) is 59.3 Å². The van der Waals surface area contributed by atoms with Crippen molar-refractivity contribution in [3.8, 4) is 0 Å². The molecule has 0 aromatic heterocycles. The molecule has 0 aliphatic rings. The first kappa shape index (κ1) is 36.7. The second kappa shape index (κ2) is 36.3. The van der Waals surface area contributed by atoms with Gasteiger partial charge in [-0.3, -0.25) is 0 Å². The van der Waals surface area contributed by atoms with E-state index in [1.807, 2.05) is 0 Å². The molecule has 0 heterocycles. The van der Waals surface area contributed by atoms with Gasteiger partial charge in [0.1, 0.15) is 0 Å². The number of hydrogen-bond donors (Lipinski definition) is 3. The Kier molecular flexibility index (Phi) is 70.0. The molecule has 5 nitrogen and oxygen atoms in total. The van der Waals surface area contributed by atoms with Crippen LogP contribution >= 0.6 is 7.82 Å². The van der Waals surface area contributed by atoms with Crippen molar-refractivity contribution >= 4 is 7.82 Å². The molecule has 0 bridgehead atoms. The van der Waals surface area contributed by atoms with Crippen LogP contribution in [0.15, 0.2) is 0 Å². The molecule has 0 saturated carbocycles. The fourth-order valence-corrected chi connectivity index (χ4v) is 0. The molecule has 0 aromatic rings. The van der Waals surface area contributed by atoms with Crippen molar-refractivity contribution < 1.29 is 41.8 Å². The molecule has 0 atom stereocenters. The minimum absolute atomic E-state index is 0. The zero-order valence-electron chi connectivity index (χ0n) is 12.4. The van der Waals surface area contributed by atoms with E-state index < -0.39 is 7.82 Å². The van der Waals surface area contributed by atoms with Crippen LogP contribution < -0.4 is 0 Å². The van der Waals surface area contributed by atoms with Gasteiger partial charge in [0.15, 0.2) is 0 Å². The Hall–Kier alpha value is 0.589. The normalized spacial score (nSPS) is 7.84. The first-order valence-electron chi connectivity index (χ1n) is 5.90. The van der Waals surface area contributed by atoms with Gasteiger partial charge in [-0.25, -0.2) is 4.57 Å². The van der Waals surface area contributed by atoms with E-state index >= 15 is 0 Å². The average Bonchev–Trinajstić information content (AvgIpc) is 2.27. The van der Waals surface area contributed by atoms with Gasteiger partial charge >= 0.3 is 7.82 Å². The summed E-state index contributed by atoms with van der Waals surface area (Å²) >= 11 is 0. The Morgan fingerprint density at radius 2 is 0.842 bits per heavy atom. The van der Waals surface area contributed by atoms with Crippen LogP contribution in [0.2, 0.25) is 0 Å². The maximum atomic E-state index is 8.88. The Labute approximate surface area is 130 Å². The third kappa shape index (κ3) is 397. The van der Waals surface area contributed by atoms with Crippen LogP contribution in [0.1, 0.15) is 59.3 Å². The van der Waals surface area contributed by atoms with Crippen LogP contribution in [0.3, 0.4) is 0 Å². The predicted octanol–water partition coefficient (Wildman–Crippen LogP) is 3.11. The molecular weight excluding hydrogens is 319 g/mol. The smallest absolute Gasteiger partial charge is 0.412 e. The third-order valence-corrected chi connectivity index (χ3v) is 1.06. The van der Waals surface area contributed by atoms with Gasteiger partial charge in [-0.1, -0.05) is 40.0 Å². The molecule has 0 fully saturated rings. The first-order valence-corrected chi connectivity index (χ1v) is 7.47. The van der Waals surface area contributed by atoms with Crippen molar-refractivity contribution in [1.82, 2.24) is 0 Å². The molecule has 5 N–H and O–H groups in total. The van der Waals surface area contributed by atoms with Crippen LogP contribution in [0.25, 0.3) is 0 Å². The van der Waals surface area contributed by atoms with E-state index in [-0.39, 0.29) is 22.5 Å². The summed E-state index contributed by atoms with van der Waals surface area (Å²) in [5.74, 6) is 0. The number of hydrogen-bond acceptors (Lipinski definition) is 1. The molecular formula is C12H32CuO5P-3. The molecule has 0 aliphatic carbocycles. The van der Waals surface area contributed by atoms with Crippen molar-refractivity contribution in [2.24, 2.45) is 0 Å². The molecule has 0 rings (SSSR count). The van der Waals surface area contributed by atoms with Gasteiger partial charge in [0, 0.05) is 17.1 Å². The second-order valence-corrected chi connectivity index (χ2v) is 4.10. The maximum absolute atomic E-state index is 8.88. The number of rotatable bonds is 3. The molecule has 0 spiro atoms. The molecule has 19 heavy (non-hydrogen) atoms. The van der Waals surface area contributed by atoms with E-state index in [4.69, 9.17) is 19.2 Å². The SMILES string of the molecule is O.O=P(O)(O)O.[CH2-]CCC.[CH2-]CCC.[CH2-]CCC.[Cu]. The summed E-state index contributed by atoms with van der Waals surface area (Å²) in [7, 11) is -4.64. The maximum Gasteiger partial charge on any atom is 0.466 e. The molecule has 0 aliphatic heterocycles. The van der Waals surface area contributed by atoms with Gasteiger partial charge < -0.3 is 40.9 Å². The summed E-state index contributed by atoms with van der Waals surface area (Å²) in [6.45, 7) is 17.2. The number of phosphoric acid groups is 1. The molecule has 129 valence electrons. The Morgan fingerprint density at radius 1 is 0.789 bits per heavy atom. The average molecular weight is 351 g/mol. The Bertz CT molecular complexity index is 118. The summed E-state index contributed by atoms with van der Waals surface area (Å²) in [4.78, 5) is 21.6. The topological polar surface area (TPSA) is 109 Å². The van der Waals surface area contributed by atoms with Gasteiger partial charge in [-0.15, -0.1) is 0 Å².